The predicted octanol–water partition coefficient (Wildman–Crippen LogP) is 0.757. The van der Waals surface area contributed by atoms with Crippen molar-refractivity contribution in [2.45, 2.75) is 0 Å². The highest BCUT2D eigenvalue weighted by Crippen LogP contribution is 2.07. The summed E-state index contributed by atoms with van der Waals surface area (Å²) >= 11 is 0. The monoisotopic (exact) mass is 245 g/mol. The van der Waals surface area contributed by atoms with Crippen LogP contribution in [-0.4, -0.2) is 28.0 Å². The Balaban J connectivity index is 0.000000330. The van der Waals surface area contributed by atoms with E-state index in [0.29, 0.717) is 0 Å². The molecule has 0 fully saturated rings. The summed E-state index contributed by atoms with van der Waals surface area (Å²) in [5.74, 6) is 0. The molecule has 7 heteroatoms. The van der Waals surface area contributed by atoms with Gasteiger partial charge in [-0.15, -0.1) is 0 Å². The lowest BCUT2D eigenvalue weighted by Crippen LogP contribution is -1.89. The van der Waals surface area contributed by atoms with Gasteiger partial charge in [-0.25, -0.2) is 0 Å². The lowest BCUT2D eigenvalue weighted by atomic mass is 10.2. The maximum Gasteiger partial charge on any atom is 0.394 e. The van der Waals surface area contributed by atoms with E-state index < -0.39 is 10.4 Å². The Bertz CT molecular complexity index is 467. The van der Waals surface area contributed by atoms with Gasteiger partial charge in [0.1, 0.15) is 0 Å². The van der Waals surface area contributed by atoms with Crippen LogP contribution >= 0.6 is 0 Å². The fourth-order valence-corrected chi connectivity index (χ4v) is 1.02. The summed E-state index contributed by atoms with van der Waals surface area (Å²) in [6.07, 6.45) is 1.81. The minimum Gasteiger partial charge on any atom is -0.412 e. The third-order valence-electron chi connectivity index (χ3n) is 1.51. The van der Waals surface area contributed by atoms with E-state index in [1.807, 2.05) is 30.5 Å². The summed E-state index contributed by atoms with van der Waals surface area (Å²) < 4.78 is 31.6. The first-order chi connectivity index (χ1) is 6.97. The molecule has 0 saturated carbocycles. The third-order valence-corrected chi connectivity index (χ3v) is 1.51. The van der Waals surface area contributed by atoms with E-state index in [-0.39, 0.29) is 5.48 Å². The number of fused-ring (bicyclic) bond motifs is 1. The van der Waals surface area contributed by atoms with E-state index in [1.54, 1.807) is 0 Å². The van der Waals surface area contributed by atoms with Crippen LogP contribution in [0.1, 0.15) is 0 Å². The van der Waals surface area contributed by atoms with Crippen LogP contribution in [0.25, 0.3) is 10.9 Å². The molecule has 4 N–H and O–H groups in total. The van der Waals surface area contributed by atoms with E-state index in [4.69, 9.17) is 17.5 Å². The molecule has 1 aromatic heterocycles. The summed E-state index contributed by atoms with van der Waals surface area (Å²) in [7, 11) is -4.67. The van der Waals surface area contributed by atoms with E-state index in [0.717, 1.165) is 5.52 Å². The second-order valence-corrected chi connectivity index (χ2v) is 3.54. The SMILES string of the molecule is O.O=S(=O)(O)O.c1ccc2ncccc2c1. The first-order valence-corrected chi connectivity index (χ1v) is 5.36. The van der Waals surface area contributed by atoms with Crippen molar-refractivity contribution in [2.24, 2.45) is 0 Å². The predicted molar refractivity (Wildman–Crippen MR) is 59.5 cm³/mol. The highest BCUT2D eigenvalue weighted by atomic mass is 32.3. The fourth-order valence-electron chi connectivity index (χ4n) is 1.02. The molecule has 0 aliphatic carbocycles. The van der Waals surface area contributed by atoms with Gasteiger partial charge in [0.05, 0.1) is 5.52 Å². The summed E-state index contributed by atoms with van der Waals surface area (Å²) in [6.45, 7) is 0. The molecule has 0 atom stereocenters. The van der Waals surface area contributed by atoms with Crippen LogP contribution in [0, 0.1) is 0 Å². The molecule has 0 spiro atoms. The molecule has 0 saturated heterocycles. The van der Waals surface area contributed by atoms with Gasteiger partial charge in [-0.1, -0.05) is 24.3 Å². The van der Waals surface area contributed by atoms with Gasteiger partial charge in [-0.3, -0.25) is 14.1 Å². The molecular weight excluding hydrogens is 234 g/mol. The van der Waals surface area contributed by atoms with Gasteiger partial charge < -0.3 is 5.48 Å². The number of benzene rings is 1. The average Bonchev–Trinajstić information content (AvgIpc) is 2.16. The number of hydrogen-bond donors (Lipinski definition) is 2. The zero-order chi connectivity index (χ0) is 11.3. The molecule has 16 heavy (non-hydrogen) atoms. The van der Waals surface area contributed by atoms with E-state index in [2.05, 4.69) is 17.1 Å². The van der Waals surface area contributed by atoms with Gasteiger partial charge in [0.15, 0.2) is 0 Å². The largest absolute Gasteiger partial charge is 0.412 e. The highest BCUT2D eigenvalue weighted by molar-refractivity contribution is 7.79. The quantitative estimate of drug-likeness (QED) is 0.664. The maximum atomic E-state index is 8.74. The van der Waals surface area contributed by atoms with Crippen LogP contribution in [0.2, 0.25) is 0 Å². The second-order valence-electron chi connectivity index (χ2n) is 2.64. The van der Waals surface area contributed by atoms with Crippen LogP contribution in [-0.2, 0) is 10.4 Å². The summed E-state index contributed by atoms with van der Waals surface area (Å²) in [6, 6.07) is 12.1. The average molecular weight is 245 g/mol. The standard InChI is InChI=1S/C9H7N.H2O4S.H2O/c1-2-6-9-8(4-1)5-3-7-10-9;1-5(2,3)4;/h1-7H;(H2,1,2,3,4);1H2. The first kappa shape index (κ1) is 14.5. The molecule has 1 heterocycles. The maximum absolute atomic E-state index is 8.74. The Hall–Kier alpha value is -1.54. The van der Waals surface area contributed by atoms with Crippen molar-refractivity contribution in [3.8, 4) is 0 Å². The van der Waals surface area contributed by atoms with Gasteiger partial charge in [0, 0.05) is 11.6 Å². The molecule has 1 aromatic carbocycles. The molecule has 0 amide bonds. The van der Waals surface area contributed by atoms with Crippen molar-refractivity contribution < 1.29 is 23.0 Å². The van der Waals surface area contributed by atoms with E-state index in [9.17, 15) is 0 Å². The van der Waals surface area contributed by atoms with Crippen molar-refractivity contribution in [3.05, 3.63) is 42.6 Å². The number of nitrogens with zero attached hydrogens (tertiary/aromatic N) is 1. The number of aromatic nitrogens is 1. The van der Waals surface area contributed by atoms with Gasteiger partial charge in [-0.05, 0) is 12.1 Å². The first-order valence-electron chi connectivity index (χ1n) is 3.96. The van der Waals surface area contributed by atoms with Crippen LogP contribution < -0.4 is 0 Å². The van der Waals surface area contributed by atoms with Crippen molar-refractivity contribution in [2.75, 3.05) is 0 Å². The molecule has 0 radical (unpaired) electrons. The molecule has 0 unspecified atom stereocenters. The Morgan fingerprint density at radius 3 is 2.06 bits per heavy atom. The van der Waals surface area contributed by atoms with Crippen LogP contribution in [0.15, 0.2) is 42.6 Å². The summed E-state index contributed by atoms with van der Waals surface area (Å²) in [4.78, 5) is 4.18. The van der Waals surface area contributed by atoms with Gasteiger partial charge in [-0.2, -0.15) is 8.42 Å². The Morgan fingerprint density at radius 2 is 1.50 bits per heavy atom. The number of para-hydroxylation sites is 1. The molecule has 88 valence electrons. The fraction of sp³-hybridized carbons (Fsp3) is 0. The van der Waals surface area contributed by atoms with Gasteiger partial charge in [0.2, 0.25) is 0 Å². The van der Waals surface area contributed by atoms with Crippen molar-refractivity contribution >= 4 is 21.3 Å². The van der Waals surface area contributed by atoms with Gasteiger partial charge in [0.25, 0.3) is 0 Å². The summed E-state index contributed by atoms with van der Waals surface area (Å²) in [5.41, 5.74) is 1.06. The molecular formula is C9H11NO5S. The van der Waals surface area contributed by atoms with Crippen molar-refractivity contribution in [1.29, 1.82) is 0 Å². The van der Waals surface area contributed by atoms with Crippen molar-refractivity contribution in [1.82, 2.24) is 4.98 Å². The molecule has 0 bridgehead atoms. The van der Waals surface area contributed by atoms with E-state index >= 15 is 0 Å². The molecule has 0 aliphatic heterocycles. The van der Waals surface area contributed by atoms with Crippen LogP contribution in [0.3, 0.4) is 0 Å². The lowest BCUT2D eigenvalue weighted by Gasteiger charge is -1.91. The highest BCUT2D eigenvalue weighted by Gasteiger charge is 1.86. The Kier molecular flexibility index (Phi) is 5.54. The minimum atomic E-state index is -4.67. The number of hydrogen-bond acceptors (Lipinski definition) is 3. The topological polar surface area (TPSA) is 119 Å². The normalized spacial score (nSPS) is 9.88. The number of rotatable bonds is 0. The van der Waals surface area contributed by atoms with Crippen LogP contribution in [0.4, 0.5) is 0 Å². The van der Waals surface area contributed by atoms with Gasteiger partial charge >= 0.3 is 10.4 Å². The molecule has 2 aromatic rings. The van der Waals surface area contributed by atoms with Crippen LogP contribution in [0.5, 0.6) is 0 Å². The lowest BCUT2D eigenvalue weighted by molar-refractivity contribution is 0.381. The third kappa shape index (κ3) is 6.04. The minimum absolute atomic E-state index is 0. The molecule has 2 rings (SSSR count). The zero-order valence-corrected chi connectivity index (χ0v) is 8.92. The number of pyridine rings is 1. The molecule has 6 nitrogen and oxygen atoms in total. The Labute approximate surface area is 92.5 Å². The molecule has 0 aliphatic rings. The summed E-state index contributed by atoms with van der Waals surface area (Å²) in [5, 5.41) is 1.20. The zero-order valence-electron chi connectivity index (χ0n) is 8.11. The van der Waals surface area contributed by atoms with Crippen molar-refractivity contribution in [3.63, 3.8) is 0 Å². The second kappa shape index (κ2) is 6.13. The van der Waals surface area contributed by atoms with E-state index in [1.165, 1.54) is 5.39 Å². The smallest absolute Gasteiger partial charge is 0.394 e. The Morgan fingerprint density at radius 1 is 1.00 bits per heavy atom.